The van der Waals surface area contributed by atoms with Crippen LogP contribution in [0.1, 0.15) is 70.4 Å². The second kappa shape index (κ2) is 8.43. The second-order valence-electron chi connectivity index (χ2n) is 6.61. The normalized spacial score (nSPS) is 19.0. The Bertz CT molecular complexity index is 408. The van der Waals surface area contributed by atoms with Gasteiger partial charge in [0.2, 0.25) is 0 Å². The van der Waals surface area contributed by atoms with E-state index in [0.29, 0.717) is 6.04 Å². The third-order valence-corrected chi connectivity index (χ3v) is 4.52. The molecule has 2 nitrogen and oxygen atoms in total. The lowest BCUT2D eigenvalue weighted by Crippen LogP contribution is -2.26. The van der Waals surface area contributed by atoms with Crippen LogP contribution in [-0.2, 0) is 0 Å². The lowest BCUT2D eigenvalue weighted by molar-refractivity contribution is 0.241. The van der Waals surface area contributed by atoms with E-state index in [-0.39, 0.29) is 6.10 Å². The molecule has 1 N–H and O–H groups in total. The molecule has 21 heavy (non-hydrogen) atoms. The summed E-state index contributed by atoms with van der Waals surface area (Å²) in [5.74, 6) is 1.75. The molecule has 0 heterocycles. The van der Waals surface area contributed by atoms with Gasteiger partial charge in [-0.3, -0.25) is 0 Å². The summed E-state index contributed by atoms with van der Waals surface area (Å²) in [5.41, 5.74) is 1.38. The molecule has 1 aliphatic carbocycles. The molecule has 118 valence electrons. The highest BCUT2D eigenvalue weighted by Crippen LogP contribution is 2.34. The maximum atomic E-state index is 5.85. The molecule has 1 atom stereocenters. The molecule has 0 aromatic heterocycles. The summed E-state index contributed by atoms with van der Waals surface area (Å²) in [5, 5.41) is 3.56. The largest absolute Gasteiger partial charge is 0.491 e. The van der Waals surface area contributed by atoms with Gasteiger partial charge in [-0.1, -0.05) is 44.2 Å². The molecule has 1 aromatic rings. The van der Waals surface area contributed by atoms with Crippen LogP contribution in [0.2, 0.25) is 0 Å². The summed E-state index contributed by atoms with van der Waals surface area (Å²) < 4.78 is 5.85. The van der Waals surface area contributed by atoms with E-state index in [0.717, 1.165) is 11.7 Å². The molecule has 1 aliphatic rings. The van der Waals surface area contributed by atoms with Crippen LogP contribution < -0.4 is 10.1 Å². The molecule has 1 fully saturated rings. The first kappa shape index (κ1) is 16.4. The van der Waals surface area contributed by atoms with Crippen molar-refractivity contribution in [2.24, 2.45) is 5.92 Å². The van der Waals surface area contributed by atoms with Crippen LogP contribution in [0.5, 0.6) is 5.75 Å². The van der Waals surface area contributed by atoms with Crippen LogP contribution in [0, 0.1) is 5.92 Å². The lowest BCUT2D eigenvalue weighted by Gasteiger charge is -2.29. The van der Waals surface area contributed by atoms with Gasteiger partial charge in [0.15, 0.2) is 0 Å². The van der Waals surface area contributed by atoms with Crippen molar-refractivity contribution in [3.63, 3.8) is 0 Å². The minimum atomic E-state index is 0.231. The van der Waals surface area contributed by atoms with Crippen molar-refractivity contribution < 1.29 is 4.74 Å². The van der Waals surface area contributed by atoms with Gasteiger partial charge in [-0.15, -0.1) is 0 Å². The maximum absolute atomic E-state index is 5.85. The SMILES string of the molecule is CNC(c1cccc(OC(C)C)c1)C1CCCCCCC1. The zero-order valence-corrected chi connectivity index (χ0v) is 13.9. The quantitative estimate of drug-likeness (QED) is 0.814. The summed E-state index contributed by atoms with van der Waals surface area (Å²) in [4.78, 5) is 0. The maximum Gasteiger partial charge on any atom is 0.120 e. The first-order valence-corrected chi connectivity index (χ1v) is 8.64. The van der Waals surface area contributed by atoms with E-state index in [2.05, 4.69) is 50.5 Å². The Kier molecular flexibility index (Phi) is 6.56. The third kappa shape index (κ3) is 5.03. The Hall–Kier alpha value is -1.02. The Balaban J connectivity index is 2.11. The van der Waals surface area contributed by atoms with Gasteiger partial charge in [-0.05, 0) is 57.4 Å². The minimum Gasteiger partial charge on any atom is -0.491 e. The predicted octanol–water partition coefficient (Wildman–Crippen LogP) is 5.09. The van der Waals surface area contributed by atoms with Crippen molar-refractivity contribution in [2.75, 3.05) is 7.05 Å². The van der Waals surface area contributed by atoms with E-state index in [1.165, 1.54) is 50.5 Å². The molecule has 1 saturated carbocycles. The molecule has 2 rings (SSSR count). The second-order valence-corrected chi connectivity index (χ2v) is 6.61. The molecule has 1 unspecified atom stereocenters. The van der Waals surface area contributed by atoms with Gasteiger partial charge in [-0.25, -0.2) is 0 Å². The fraction of sp³-hybridized carbons (Fsp3) is 0.684. The number of nitrogens with one attached hydrogen (secondary N) is 1. The first-order valence-electron chi connectivity index (χ1n) is 8.64. The monoisotopic (exact) mass is 289 g/mol. The number of benzene rings is 1. The highest BCUT2D eigenvalue weighted by molar-refractivity contribution is 5.31. The summed E-state index contributed by atoms with van der Waals surface area (Å²) in [6, 6.07) is 9.11. The van der Waals surface area contributed by atoms with E-state index < -0.39 is 0 Å². The number of ether oxygens (including phenoxy) is 1. The van der Waals surface area contributed by atoms with Gasteiger partial charge < -0.3 is 10.1 Å². The molecule has 0 radical (unpaired) electrons. The molecular formula is C19H31NO. The smallest absolute Gasteiger partial charge is 0.120 e. The van der Waals surface area contributed by atoms with Crippen LogP contribution in [0.15, 0.2) is 24.3 Å². The van der Waals surface area contributed by atoms with Crippen molar-refractivity contribution in [3.8, 4) is 5.75 Å². The van der Waals surface area contributed by atoms with Gasteiger partial charge in [0.25, 0.3) is 0 Å². The molecule has 0 amide bonds. The Morgan fingerprint density at radius 1 is 1.05 bits per heavy atom. The predicted molar refractivity (Wildman–Crippen MR) is 89.8 cm³/mol. The van der Waals surface area contributed by atoms with Gasteiger partial charge >= 0.3 is 0 Å². The van der Waals surface area contributed by atoms with Crippen LogP contribution in [-0.4, -0.2) is 13.2 Å². The molecule has 0 saturated heterocycles. The van der Waals surface area contributed by atoms with Gasteiger partial charge in [0.1, 0.15) is 5.75 Å². The zero-order chi connectivity index (χ0) is 15.1. The van der Waals surface area contributed by atoms with Gasteiger partial charge in [-0.2, -0.15) is 0 Å². The van der Waals surface area contributed by atoms with Crippen LogP contribution in [0.4, 0.5) is 0 Å². The van der Waals surface area contributed by atoms with Crippen molar-refractivity contribution in [3.05, 3.63) is 29.8 Å². The summed E-state index contributed by atoms with van der Waals surface area (Å²) >= 11 is 0. The standard InChI is InChI=1S/C19H31NO/c1-15(2)21-18-13-9-12-17(14-18)19(20-3)16-10-7-5-4-6-8-11-16/h9,12-16,19-20H,4-8,10-11H2,1-3H3. The Labute approximate surface area is 130 Å². The van der Waals surface area contributed by atoms with Gasteiger partial charge in [0.05, 0.1) is 6.10 Å². The molecule has 0 aliphatic heterocycles. The van der Waals surface area contributed by atoms with Crippen molar-refractivity contribution in [2.45, 2.75) is 70.9 Å². The van der Waals surface area contributed by atoms with E-state index >= 15 is 0 Å². The topological polar surface area (TPSA) is 21.3 Å². The average molecular weight is 289 g/mol. The fourth-order valence-electron chi connectivity index (χ4n) is 3.55. The Morgan fingerprint density at radius 2 is 1.71 bits per heavy atom. The van der Waals surface area contributed by atoms with E-state index in [1.54, 1.807) is 0 Å². The first-order chi connectivity index (χ1) is 10.2. The van der Waals surface area contributed by atoms with E-state index in [9.17, 15) is 0 Å². The van der Waals surface area contributed by atoms with Crippen LogP contribution >= 0.6 is 0 Å². The van der Waals surface area contributed by atoms with Crippen LogP contribution in [0.25, 0.3) is 0 Å². The highest BCUT2D eigenvalue weighted by Gasteiger charge is 2.22. The van der Waals surface area contributed by atoms with E-state index in [1.807, 2.05) is 0 Å². The molecule has 2 heteroatoms. The highest BCUT2D eigenvalue weighted by atomic mass is 16.5. The fourth-order valence-corrected chi connectivity index (χ4v) is 3.55. The van der Waals surface area contributed by atoms with Crippen molar-refractivity contribution in [1.29, 1.82) is 0 Å². The van der Waals surface area contributed by atoms with Crippen molar-refractivity contribution >= 4 is 0 Å². The molecular weight excluding hydrogens is 258 g/mol. The van der Waals surface area contributed by atoms with Gasteiger partial charge in [0, 0.05) is 6.04 Å². The number of hydrogen-bond acceptors (Lipinski definition) is 2. The average Bonchev–Trinajstić information content (AvgIpc) is 2.41. The number of rotatable bonds is 5. The minimum absolute atomic E-state index is 0.231. The van der Waals surface area contributed by atoms with Crippen LogP contribution in [0.3, 0.4) is 0 Å². The molecule has 1 aromatic carbocycles. The summed E-state index contributed by atoms with van der Waals surface area (Å²) in [6.45, 7) is 4.16. The molecule has 0 bridgehead atoms. The summed E-state index contributed by atoms with van der Waals surface area (Å²) in [6.07, 6.45) is 9.92. The van der Waals surface area contributed by atoms with Crippen molar-refractivity contribution in [1.82, 2.24) is 5.32 Å². The third-order valence-electron chi connectivity index (χ3n) is 4.52. The Morgan fingerprint density at radius 3 is 2.33 bits per heavy atom. The summed E-state index contributed by atoms with van der Waals surface area (Å²) in [7, 11) is 2.10. The number of hydrogen-bond donors (Lipinski definition) is 1. The molecule has 0 spiro atoms. The zero-order valence-electron chi connectivity index (χ0n) is 13.9. The lowest BCUT2D eigenvalue weighted by atomic mass is 9.83. The van der Waals surface area contributed by atoms with E-state index in [4.69, 9.17) is 4.74 Å².